The Labute approximate surface area is 138 Å². The number of aldehydes is 1. The molecule has 9 heteroatoms. The molecule has 0 bridgehead atoms. The molecule has 3 aromatic rings. The van der Waals surface area contributed by atoms with Crippen LogP contribution < -0.4 is 10.4 Å². The minimum atomic E-state index is -4.80. The molecule has 0 atom stereocenters. The molecule has 0 radical (unpaired) electrons. The first-order valence-electron chi connectivity index (χ1n) is 7.02. The summed E-state index contributed by atoms with van der Waals surface area (Å²) >= 11 is 0. The van der Waals surface area contributed by atoms with E-state index in [9.17, 15) is 22.8 Å². The van der Waals surface area contributed by atoms with Crippen molar-refractivity contribution in [3.63, 3.8) is 0 Å². The van der Waals surface area contributed by atoms with Crippen LogP contribution in [-0.4, -0.2) is 21.0 Å². The lowest BCUT2D eigenvalue weighted by atomic mass is 10.2. The predicted molar refractivity (Wildman–Crippen MR) is 80.9 cm³/mol. The Morgan fingerprint density at radius 1 is 1.20 bits per heavy atom. The van der Waals surface area contributed by atoms with Gasteiger partial charge >= 0.3 is 6.18 Å². The van der Waals surface area contributed by atoms with Crippen LogP contribution in [0.3, 0.4) is 0 Å². The Bertz CT molecular complexity index is 985. The number of pyridine rings is 1. The fraction of sp³-hybridized carbons (Fsp3) is 0.125. The number of fused-ring (bicyclic) bond motifs is 1. The Kier molecular flexibility index (Phi) is 4.22. The summed E-state index contributed by atoms with van der Waals surface area (Å²) in [5.74, 6) is -1.43. The maximum Gasteiger partial charge on any atom is 0.451 e. The summed E-state index contributed by atoms with van der Waals surface area (Å²) in [7, 11) is 0. The van der Waals surface area contributed by atoms with E-state index in [1.807, 2.05) is 0 Å². The van der Waals surface area contributed by atoms with Crippen LogP contribution in [0.1, 0.15) is 21.7 Å². The largest absolute Gasteiger partial charge is 0.451 e. The first-order chi connectivity index (χ1) is 11.9. The van der Waals surface area contributed by atoms with E-state index in [0.717, 1.165) is 12.3 Å². The highest BCUT2D eigenvalue weighted by molar-refractivity contribution is 5.94. The minimum Gasteiger partial charge on any atom is -0.404 e. The average Bonchev–Trinajstić information content (AvgIpc) is 2.60. The third-order valence-corrected chi connectivity index (χ3v) is 3.33. The molecule has 2 heterocycles. The number of aromatic nitrogens is 3. The van der Waals surface area contributed by atoms with Crippen molar-refractivity contribution in [2.45, 2.75) is 12.8 Å². The van der Waals surface area contributed by atoms with Crippen LogP contribution in [0.15, 0.2) is 47.4 Å². The zero-order valence-electron chi connectivity index (χ0n) is 12.5. The quantitative estimate of drug-likeness (QED) is 0.676. The summed E-state index contributed by atoms with van der Waals surface area (Å²) in [6.07, 6.45) is -3.61. The molecule has 0 fully saturated rings. The summed E-state index contributed by atoms with van der Waals surface area (Å²) in [5, 5.41) is -0.0179. The molecule has 1 aromatic carbocycles. The molecule has 0 amide bonds. The maximum absolute atomic E-state index is 12.9. The molecular weight excluding hydrogens is 339 g/mol. The predicted octanol–water partition coefficient (Wildman–Crippen LogP) is 2.25. The van der Waals surface area contributed by atoms with Crippen LogP contribution in [0.5, 0.6) is 0 Å². The number of benzene rings is 1. The average molecular weight is 349 g/mol. The summed E-state index contributed by atoms with van der Waals surface area (Å²) in [6.45, 7) is -0.0678. The molecular formula is C16H10F3N3O3. The van der Waals surface area contributed by atoms with Crippen LogP contribution in [0.4, 0.5) is 13.2 Å². The lowest BCUT2D eigenvalue weighted by Crippen LogP contribution is -2.28. The summed E-state index contributed by atoms with van der Waals surface area (Å²) in [6, 6.07) is 9.69. The van der Waals surface area contributed by atoms with Gasteiger partial charge in [-0.1, -0.05) is 30.3 Å². The Morgan fingerprint density at radius 3 is 2.56 bits per heavy atom. The van der Waals surface area contributed by atoms with Crippen LogP contribution in [0, 0.1) is 0 Å². The van der Waals surface area contributed by atoms with E-state index in [1.165, 1.54) is 0 Å². The molecule has 3 rings (SSSR count). The van der Waals surface area contributed by atoms with Gasteiger partial charge in [0.15, 0.2) is 11.9 Å². The van der Waals surface area contributed by atoms with Crippen LogP contribution in [0.25, 0.3) is 11.0 Å². The molecule has 0 unspecified atom stereocenters. The second-order valence-corrected chi connectivity index (χ2v) is 5.04. The van der Waals surface area contributed by atoms with E-state index in [-0.39, 0.29) is 17.6 Å². The first kappa shape index (κ1) is 16.6. The van der Waals surface area contributed by atoms with Crippen LogP contribution >= 0.6 is 0 Å². The molecule has 6 nitrogen and oxygen atoms in total. The van der Waals surface area contributed by atoms with Gasteiger partial charge in [0.05, 0.1) is 0 Å². The lowest BCUT2D eigenvalue weighted by Gasteiger charge is -2.13. The molecule has 2 aromatic heterocycles. The van der Waals surface area contributed by atoms with E-state index in [2.05, 4.69) is 9.97 Å². The Balaban J connectivity index is 2.13. The normalized spacial score (nSPS) is 11.5. The first-order valence-corrected chi connectivity index (χ1v) is 7.02. The van der Waals surface area contributed by atoms with E-state index in [4.69, 9.17) is 4.84 Å². The fourth-order valence-corrected chi connectivity index (χ4v) is 2.18. The highest BCUT2D eigenvalue weighted by Gasteiger charge is 2.35. The van der Waals surface area contributed by atoms with Gasteiger partial charge in [-0.2, -0.15) is 13.2 Å². The van der Waals surface area contributed by atoms with Gasteiger partial charge in [-0.25, -0.2) is 9.97 Å². The van der Waals surface area contributed by atoms with Crippen LogP contribution in [0.2, 0.25) is 0 Å². The van der Waals surface area contributed by atoms with Gasteiger partial charge in [-0.05, 0) is 5.56 Å². The van der Waals surface area contributed by atoms with Crippen molar-refractivity contribution in [3.8, 4) is 0 Å². The van der Waals surface area contributed by atoms with Gasteiger partial charge in [-0.15, -0.1) is 4.73 Å². The number of carbonyl (C=O) groups excluding carboxylic acids is 1. The molecule has 0 saturated heterocycles. The number of halogens is 3. The van der Waals surface area contributed by atoms with Crippen molar-refractivity contribution in [3.05, 3.63) is 69.9 Å². The molecule has 0 spiro atoms. The molecule has 0 aliphatic carbocycles. The van der Waals surface area contributed by atoms with Gasteiger partial charge in [0.25, 0.3) is 5.56 Å². The second-order valence-electron chi connectivity index (χ2n) is 5.04. The molecule has 0 N–H and O–H groups in total. The van der Waals surface area contributed by atoms with E-state index >= 15 is 0 Å². The highest BCUT2D eigenvalue weighted by atomic mass is 19.4. The van der Waals surface area contributed by atoms with Gasteiger partial charge in [0, 0.05) is 23.2 Å². The standard InChI is InChI=1S/C16H10F3N3O3/c17-16(18,19)15-20-7-12-11(8-23)6-13(24)22(14(12)21-15)25-9-10-4-2-1-3-5-10/h1-8H,9H2. The number of nitrogens with zero attached hydrogens (tertiary/aromatic N) is 3. The van der Waals surface area contributed by atoms with Gasteiger partial charge in [-0.3, -0.25) is 9.59 Å². The summed E-state index contributed by atoms with van der Waals surface area (Å²) in [5.41, 5.74) is -0.648. The SMILES string of the molecule is O=Cc1cc(=O)n(OCc2ccccc2)c2nc(C(F)(F)F)ncc12. The topological polar surface area (TPSA) is 74.1 Å². The molecule has 0 aliphatic rings. The fourth-order valence-electron chi connectivity index (χ4n) is 2.18. The Morgan fingerprint density at radius 2 is 1.92 bits per heavy atom. The maximum atomic E-state index is 12.9. The van der Waals surface area contributed by atoms with Gasteiger partial charge in [0.2, 0.25) is 5.82 Å². The third kappa shape index (κ3) is 3.35. The zero-order chi connectivity index (χ0) is 18.0. The number of rotatable bonds is 4. The highest BCUT2D eigenvalue weighted by Crippen LogP contribution is 2.27. The van der Waals surface area contributed by atoms with Crippen molar-refractivity contribution in [2.24, 2.45) is 0 Å². The van der Waals surface area contributed by atoms with Crippen molar-refractivity contribution in [1.82, 2.24) is 14.7 Å². The monoisotopic (exact) mass is 349 g/mol. The van der Waals surface area contributed by atoms with Crippen molar-refractivity contribution >= 4 is 17.3 Å². The number of hydrogen-bond acceptors (Lipinski definition) is 5. The Hall–Kier alpha value is -3.23. The number of alkyl halides is 3. The van der Waals surface area contributed by atoms with E-state index in [0.29, 0.717) is 16.6 Å². The smallest absolute Gasteiger partial charge is 0.404 e. The summed E-state index contributed by atoms with van der Waals surface area (Å²) in [4.78, 5) is 35.1. The summed E-state index contributed by atoms with van der Waals surface area (Å²) < 4.78 is 39.2. The van der Waals surface area contributed by atoms with Crippen molar-refractivity contribution < 1.29 is 22.8 Å². The zero-order valence-corrected chi connectivity index (χ0v) is 12.5. The second kappa shape index (κ2) is 6.34. The molecule has 0 aliphatic heterocycles. The van der Waals surface area contributed by atoms with Crippen molar-refractivity contribution in [2.75, 3.05) is 0 Å². The van der Waals surface area contributed by atoms with Gasteiger partial charge in [0.1, 0.15) is 6.61 Å². The minimum absolute atomic E-state index is 0.0179. The van der Waals surface area contributed by atoms with E-state index in [1.54, 1.807) is 30.3 Å². The molecule has 0 saturated carbocycles. The van der Waals surface area contributed by atoms with E-state index < -0.39 is 23.2 Å². The molecule has 128 valence electrons. The third-order valence-electron chi connectivity index (χ3n) is 3.33. The van der Waals surface area contributed by atoms with Gasteiger partial charge < -0.3 is 4.84 Å². The van der Waals surface area contributed by atoms with Crippen molar-refractivity contribution in [1.29, 1.82) is 0 Å². The lowest BCUT2D eigenvalue weighted by molar-refractivity contribution is -0.144. The van der Waals surface area contributed by atoms with Crippen LogP contribution in [-0.2, 0) is 12.8 Å². The molecule has 25 heavy (non-hydrogen) atoms. The number of carbonyl (C=O) groups is 1. The number of hydrogen-bond donors (Lipinski definition) is 0.